The summed E-state index contributed by atoms with van der Waals surface area (Å²) in [6, 6.07) is 7.39. The Morgan fingerprint density at radius 1 is 1.12 bits per heavy atom. The van der Waals surface area contributed by atoms with E-state index in [1.165, 1.54) is 4.90 Å². The van der Waals surface area contributed by atoms with Gasteiger partial charge in [0.2, 0.25) is 0 Å². The highest BCUT2D eigenvalue weighted by Crippen LogP contribution is 2.22. The number of piperidine rings is 1. The summed E-state index contributed by atoms with van der Waals surface area (Å²) in [6.45, 7) is 0.992. The molecule has 0 aromatic heterocycles. The lowest BCUT2D eigenvalue weighted by Gasteiger charge is -2.38. The second kappa shape index (κ2) is 7.23. The third-order valence-electron chi connectivity index (χ3n) is 4.71. The van der Waals surface area contributed by atoms with Gasteiger partial charge in [-0.05, 0) is 31.0 Å². The van der Waals surface area contributed by atoms with E-state index >= 15 is 0 Å². The van der Waals surface area contributed by atoms with E-state index in [0.29, 0.717) is 31.5 Å². The topological polar surface area (TPSA) is 70.2 Å². The fourth-order valence-corrected chi connectivity index (χ4v) is 3.34. The molecule has 0 bridgehead atoms. The molecule has 1 aromatic rings. The summed E-state index contributed by atoms with van der Waals surface area (Å²) in [5, 5.41) is 0. The van der Waals surface area contributed by atoms with Crippen LogP contribution in [0.25, 0.3) is 0 Å². The quantitative estimate of drug-likeness (QED) is 0.756. The molecular weight excluding hydrogens is 322 g/mol. The van der Waals surface area contributed by atoms with Crippen molar-refractivity contribution < 1.29 is 19.1 Å². The predicted octanol–water partition coefficient (Wildman–Crippen LogP) is 0.743. The van der Waals surface area contributed by atoms with Crippen LogP contribution in [0.1, 0.15) is 23.2 Å². The molecule has 0 aliphatic carbocycles. The standard InChI is InChI=1S/C18H23N3O4/c1-19(2)15-5-3-4-13(10-15)18(24)20-8-6-14(7-9-20)21-16(22)11-25-12-17(21)23/h3-5,10,14H,6-9,11-12H2,1-2H3. The molecule has 1 aromatic carbocycles. The molecule has 2 aliphatic rings. The summed E-state index contributed by atoms with van der Waals surface area (Å²) in [6.07, 6.45) is 1.22. The van der Waals surface area contributed by atoms with Crippen LogP contribution >= 0.6 is 0 Å². The van der Waals surface area contributed by atoms with E-state index in [4.69, 9.17) is 4.74 Å². The normalized spacial score (nSPS) is 19.3. The van der Waals surface area contributed by atoms with E-state index < -0.39 is 0 Å². The van der Waals surface area contributed by atoms with Gasteiger partial charge in [-0.15, -0.1) is 0 Å². The molecule has 7 heteroatoms. The minimum absolute atomic E-state index is 0.0122. The minimum atomic E-state index is -0.278. The SMILES string of the molecule is CN(C)c1cccc(C(=O)N2CCC(N3C(=O)COCC3=O)CC2)c1. The van der Waals surface area contributed by atoms with Crippen molar-refractivity contribution >= 4 is 23.4 Å². The first-order valence-corrected chi connectivity index (χ1v) is 8.46. The summed E-state index contributed by atoms with van der Waals surface area (Å²) < 4.78 is 4.95. The van der Waals surface area contributed by atoms with Crippen molar-refractivity contribution in [2.75, 3.05) is 45.3 Å². The lowest BCUT2D eigenvalue weighted by molar-refractivity contribution is -0.162. The third-order valence-corrected chi connectivity index (χ3v) is 4.71. The Balaban J connectivity index is 1.64. The van der Waals surface area contributed by atoms with Crippen LogP contribution < -0.4 is 4.90 Å². The number of carbonyl (C=O) groups is 3. The second-order valence-electron chi connectivity index (χ2n) is 6.62. The van der Waals surface area contributed by atoms with E-state index in [9.17, 15) is 14.4 Å². The molecule has 25 heavy (non-hydrogen) atoms. The number of rotatable bonds is 3. The molecule has 3 amide bonds. The largest absolute Gasteiger partial charge is 0.378 e. The van der Waals surface area contributed by atoms with Crippen molar-refractivity contribution in [3.63, 3.8) is 0 Å². The highest BCUT2D eigenvalue weighted by molar-refractivity contribution is 5.99. The Bertz CT molecular complexity index is 665. The lowest BCUT2D eigenvalue weighted by atomic mass is 10.0. The molecule has 0 unspecified atom stereocenters. The molecule has 2 heterocycles. The number of morpholine rings is 1. The van der Waals surface area contributed by atoms with E-state index in [-0.39, 0.29) is 37.0 Å². The van der Waals surface area contributed by atoms with Gasteiger partial charge in [-0.1, -0.05) is 6.07 Å². The van der Waals surface area contributed by atoms with Crippen LogP contribution in [0.15, 0.2) is 24.3 Å². The molecule has 0 saturated carbocycles. The molecule has 2 saturated heterocycles. The van der Waals surface area contributed by atoms with Crippen LogP contribution in [-0.4, -0.2) is 74.0 Å². The number of amides is 3. The minimum Gasteiger partial charge on any atom is -0.378 e. The van der Waals surface area contributed by atoms with Gasteiger partial charge in [0.05, 0.1) is 0 Å². The molecule has 0 atom stereocenters. The Hall–Kier alpha value is -2.41. The first kappa shape index (κ1) is 17.4. The van der Waals surface area contributed by atoms with Crippen molar-refractivity contribution in [2.45, 2.75) is 18.9 Å². The molecule has 7 nitrogen and oxygen atoms in total. The van der Waals surface area contributed by atoms with E-state index in [2.05, 4.69) is 0 Å². The number of carbonyl (C=O) groups excluding carboxylic acids is 3. The Morgan fingerprint density at radius 3 is 2.36 bits per heavy atom. The van der Waals surface area contributed by atoms with Gasteiger partial charge in [0.15, 0.2) is 0 Å². The monoisotopic (exact) mass is 345 g/mol. The summed E-state index contributed by atoms with van der Waals surface area (Å²) >= 11 is 0. The maximum absolute atomic E-state index is 12.7. The first-order chi connectivity index (χ1) is 12.0. The van der Waals surface area contributed by atoms with Crippen molar-refractivity contribution in [3.05, 3.63) is 29.8 Å². The van der Waals surface area contributed by atoms with Crippen molar-refractivity contribution in [3.8, 4) is 0 Å². The van der Waals surface area contributed by atoms with Gasteiger partial charge < -0.3 is 14.5 Å². The van der Waals surface area contributed by atoms with Crippen LogP contribution in [0, 0.1) is 0 Å². The fourth-order valence-electron chi connectivity index (χ4n) is 3.34. The van der Waals surface area contributed by atoms with Crippen molar-refractivity contribution in [1.29, 1.82) is 0 Å². The molecule has 3 rings (SSSR count). The smallest absolute Gasteiger partial charge is 0.255 e. The molecule has 2 aliphatic heterocycles. The number of nitrogens with zero attached hydrogens (tertiary/aromatic N) is 3. The van der Waals surface area contributed by atoms with Gasteiger partial charge in [-0.2, -0.15) is 0 Å². The molecule has 0 spiro atoms. The summed E-state index contributed by atoms with van der Waals surface area (Å²) in [5.74, 6) is -0.568. The van der Waals surface area contributed by atoms with Gasteiger partial charge >= 0.3 is 0 Å². The van der Waals surface area contributed by atoms with E-state index in [0.717, 1.165) is 5.69 Å². The number of benzene rings is 1. The Morgan fingerprint density at radius 2 is 1.76 bits per heavy atom. The fraction of sp³-hybridized carbons (Fsp3) is 0.500. The zero-order valence-electron chi connectivity index (χ0n) is 14.6. The molecule has 0 N–H and O–H groups in total. The average molecular weight is 345 g/mol. The lowest BCUT2D eigenvalue weighted by Crippen LogP contribution is -2.55. The number of hydrogen-bond acceptors (Lipinski definition) is 5. The van der Waals surface area contributed by atoms with Gasteiger partial charge in [0.1, 0.15) is 13.2 Å². The van der Waals surface area contributed by atoms with Crippen LogP contribution in [0.2, 0.25) is 0 Å². The highest BCUT2D eigenvalue weighted by Gasteiger charge is 2.35. The number of anilines is 1. The first-order valence-electron chi connectivity index (χ1n) is 8.46. The van der Waals surface area contributed by atoms with Crippen LogP contribution in [0.4, 0.5) is 5.69 Å². The second-order valence-corrected chi connectivity index (χ2v) is 6.62. The molecular formula is C18H23N3O4. The molecule has 2 fully saturated rings. The average Bonchev–Trinajstić information content (AvgIpc) is 2.61. The van der Waals surface area contributed by atoms with Gasteiger partial charge in [0, 0.05) is 44.5 Å². The molecule has 0 radical (unpaired) electrons. The van der Waals surface area contributed by atoms with Gasteiger partial charge in [-0.25, -0.2) is 0 Å². The van der Waals surface area contributed by atoms with Crippen LogP contribution in [0.3, 0.4) is 0 Å². The van der Waals surface area contributed by atoms with Gasteiger partial charge in [0.25, 0.3) is 17.7 Å². The summed E-state index contributed by atoms with van der Waals surface area (Å²) in [7, 11) is 3.87. The Labute approximate surface area is 147 Å². The maximum Gasteiger partial charge on any atom is 0.255 e. The predicted molar refractivity (Wildman–Crippen MR) is 92.4 cm³/mol. The summed E-state index contributed by atoms with van der Waals surface area (Å²) in [4.78, 5) is 41.7. The Kier molecular flexibility index (Phi) is 5.03. The molecule has 134 valence electrons. The number of likely N-dealkylation sites (tertiary alicyclic amines) is 1. The number of imide groups is 1. The van der Waals surface area contributed by atoms with Crippen LogP contribution in [0.5, 0.6) is 0 Å². The van der Waals surface area contributed by atoms with Crippen molar-refractivity contribution in [2.24, 2.45) is 0 Å². The van der Waals surface area contributed by atoms with Crippen molar-refractivity contribution in [1.82, 2.24) is 9.80 Å². The number of ether oxygens (including phenoxy) is 1. The summed E-state index contributed by atoms with van der Waals surface area (Å²) in [5.41, 5.74) is 1.63. The highest BCUT2D eigenvalue weighted by atomic mass is 16.5. The van der Waals surface area contributed by atoms with E-state index in [1.54, 1.807) is 4.90 Å². The zero-order valence-corrected chi connectivity index (χ0v) is 14.6. The maximum atomic E-state index is 12.7. The zero-order chi connectivity index (χ0) is 18.0. The third kappa shape index (κ3) is 3.66. The van der Waals surface area contributed by atoms with Crippen LogP contribution in [-0.2, 0) is 14.3 Å². The van der Waals surface area contributed by atoms with Gasteiger partial charge in [-0.3, -0.25) is 19.3 Å². The number of hydrogen-bond donors (Lipinski definition) is 0. The van der Waals surface area contributed by atoms with E-state index in [1.807, 2.05) is 43.3 Å².